The molecule has 2 amide bonds. The van der Waals surface area contributed by atoms with Crippen molar-refractivity contribution in [3.8, 4) is 16.3 Å². The summed E-state index contributed by atoms with van der Waals surface area (Å²) in [7, 11) is 0. The Morgan fingerprint density at radius 2 is 1.90 bits per heavy atom. The molecule has 1 aliphatic rings. The molecule has 31 heavy (non-hydrogen) atoms. The number of hydrogen-bond acceptors (Lipinski definition) is 4. The SMILES string of the molecule is Cc1c(C(=O)NC(=O)C2CCCCC2)nn(-c2ccc(Cl)cc2Cl)c1-c1ccc(Br)s1. The molecule has 0 saturated heterocycles. The number of carbonyl (C=O) groups excluding carboxylic acids is 2. The summed E-state index contributed by atoms with van der Waals surface area (Å²) in [4.78, 5) is 26.6. The summed E-state index contributed by atoms with van der Waals surface area (Å²) in [6, 6.07) is 9.01. The fourth-order valence-electron chi connectivity index (χ4n) is 3.91. The molecular formula is C22H20BrCl2N3O2S. The molecule has 0 unspecified atom stereocenters. The average Bonchev–Trinajstić information content (AvgIpc) is 3.31. The van der Waals surface area contributed by atoms with Crippen LogP contribution in [0.1, 0.15) is 48.2 Å². The van der Waals surface area contributed by atoms with E-state index < -0.39 is 5.91 Å². The Kier molecular flexibility index (Phi) is 6.86. The van der Waals surface area contributed by atoms with Crippen molar-refractivity contribution in [3.05, 3.63) is 55.4 Å². The first-order chi connectivity index (χ1) is 14.8. The van der Waals surface area contributed by atoms with Crippen molar-refractivity contribution < 1.29 is 9.59 Å². The molecule has 3 aromatic rings. The lowest BCUT2D eigenvalue weighted by Gasteiger charge is -2.19. The molecule has 1 fully saturated rings. The molecule has 1 aromatic carbocycles. The Bertz CT molecular complexity index is 1150. The van der Waals surface area contributed by atoms with Crippen LogP contribution < -0.4 is 5.32 Å². The smallest absolute Gasteiger partial charge is 0.278 e. The fourth-order valence-corrected chi connectivity index (χ4v) is 5.87. The molecule has 0 aliphatic heterocycles. The minimum absolute atomic E-state index is 0.112. The van der Waals surface area contributed by atoms with E-state index in [1.54, 1.807) is 22.9 Å². The standard InChI is InChI=1S/C22H20BrCl2N3O2S/c1-12-19(22(30)26-21(29)13-5-3-2-4-6-13)27-28(16-8-7-14(24)11-15(16)25)20(12)17-9-10-18(23)31-17/h7-11,13H,2-6H2,1H3,(H,26,29,30). The highest BCUT2D eigenvalue weighted by Crippen LogP contribution is 2.37. The van der Waals surface area contributed by atoms with E-state index in [1.165, 1.54) is 11.3 Å². The van der Waals surface area contributed by atoms with E-state index in [-0.39, 0.29) is 17.5 Å². The van der Waals surface area contributed by atoms with Gasteiger partial charge >= 0.3 is 0 Å². The third-order valence-corrected chi connectivity index (χ3v) is 7.66. The first-order valence-corrected chi connectivity index (χ1v) is 12.4. The van der Waals surface area contributed by atoms with Crippen molar-refractivity contribution in [1.29, 1.82) is 0 Å². The number of hydrogen-bond donors (Lipinski definition) is 1. The lowest BCUT2D eigenvalue weighted by molar-refractivity contribution is -0.124. The molecule has 0 radical (unpaired) electrons. The van der Waals surface area contributed by atoms with Gasteiger partial charge in [0, 0.05) is 16.5 Å². The summed E-state index contributed by atoms with van der Waals surface area (Å²) in [6.07, 6.45) is 4.82. The predicted molar refractivity (Wildman–Crippen MR) is 128 cm³/mol. The Labute approximate surface area is 202 Å². The second-order valence-corrected chi connectivity index (χ2v) is 10.9. The maximum atomic E-state index is 13.0. The Morgan fingerprint density at radius 1 is 1.16 bits per heavy atom. The minimum Gasteiger partial charge on any atom is -0.291 e. The quantitative estimate of drug-likeness (QED) is 0.369. The lowest BCUT2D eigenvalue weighted by Crippen LogP contribution is -2.37. The first-order valence-electron chi connectivity index (χ1n) is 10.0. The molecule has 0 spiro atoms. The van der Waals surface area contributed by atoms with Gasteiger partial charge in [0.2, 0.25) is 5.91 Å². The van der Waals surface area contributed by atoms with Crippen molar-refractivity contribution in [2.24, 2.45) is 5.92 Å². The number of amides is 2. The summed E-state index contributed by atoms with van der Waals surface area (Å²) in [5, 5.41) is 8.06. The number of benzene rings is 1. The second kappa shape index (κ2) is 9.45. The minimum atomic E-state index is -0.492. The van der Waals surface area contributed by atoms with Gasteiger partial charge in [0.1, 0.15) is 0 Å². The van der Waals surface area contributed by atoms with Gasteiger partial charge in [-0.25, -0.2) is 4.68 Å². The number of nitrogens with zero attached hydrogens (tertiary/aromatic N) is 2. The topological polar surface area (TPSA) is 64.0 Å². The van der Waals surface area contributed by atoms with Crippen LogP contribution in [-0.4, -0.2) is 21.6 Å². The first kappa shape index (κ1) is 22.5. The molecule has 1 aliphatic carbocycles. The number of thiophene rings is 1. The average molecular weight is 541 g/mol. The van der Waals surface area contributed by atoms with E-state index in [1.807, 2.05) is 19.1 Å². The molecule has 0 atom stereocenters. The van der Waals surface area contributed by atoms with Crippen molar-refractivity contribution in [2.75, 3.05) is 0 Å². The highest BCUT2D eigenvalue weighted by Gasteiger charge is 2.28. The van der Waals surface area contributed by atoms with Gasteiger partial charge in [-0.2, -0.15) is 5.10 Å². The Morgan fingerprint density at radius 3 is 2.55 bits per heavy atom. The van der Waals surface area contributed by atoms with Crippen molar-refractivity contribution in [1.82, 2.24) is 15.1 Å². The molecule has 1 saturated carbocycles. The number of aromatic nitrogens is 2. The molecule has 1 N–H and O–H groups in total. The molecule has 2 aromatic heterocycles. The highest BCUT2D eigenvalue weighted by molar-refractivity contribution is 9.11. The fraction of sp³-hybridized carbons (Fsp3) is 0.318. The Hall–Kier alpha value is -1.67. The monoisotopic (exact) mass is 539 g/mol. The van der Waals surface area contributed by atoms with E-state index in [2.05, 4.69) is 26.3 Å². The molecule has 4 rings (SSSR count). The summed E-state index contributed by atoms with van der Waals surface area (Å²) in [6.45, 7) is 1.83. The van der Waals surface area contributed by atoms with Crippen molar-refractivity contribution in [3.63, 3.8) is 0 Å². The van der Waals surface area contributed by atoms with Crippen LogP contribution in [0.2, 0.25) is 10.0 Å². The van der Waals surface area contributed by atoms with Crippen LogP contribution in [0, 0.1) is 12.8 Å². The molecule has 5 nitrogen and oxygen atoms in total. The van der Waals surface area contributed by atoms with Gasteiger partial charge in [-0.15, -0.1) is 11.3 Å². The normalized spacial score (nSPS) is 14.6. The zero-order chi connectivity index (χ0) is 22.1. The molecule has 9 heteroatoms. The van der Waals surface area contributed by atoms with Gasteiger partial charge in [-0.05, 0) is 66.0 Å². The molecule has 2 heterocycles. The van der Waals surface area contributed by atoms with E-state index >= 15 is 0 Å². The maximum absolute atomic E-state index is 13.0. The zero-order valence-electron chi connectivity index (χ0n) is 16.8. The number of halogens is 3. The third kappa shape index (κ3) is 4.75. The van der Waals surface area contributed by atoms with Crippen LogP contribution in [0.5, 0.6) is 0 Å². The van der Waals surface area contributed by atoms with E-state index in [4.69, 9.17) is 23.2 Å². The summed E-state index contributed by atoms with van der Waals surface area (Å²) < 4.78 is 2.60. The van der Waals surface area contributed by atoms with Crippen LogP contribution >= 0.6 is 50.5 Å². The van der Waals surface area contributed by atoms with Gasteiger partial charge in [-0.1, -0.05) is 42.5 Å². The summed E-state index contributed by atoms with van der Waals surface area (Å²) >= 11 is 17.5. The third-order valence-electron chi connectivity index (χ3n) is 5.49. The second-order valence-electron chi connectivity index (χ2n) is 7.59. The van der Waals surface area contributed by atoms with Gasteiger partial charge in [0.25, 0.3) is 5.91 Å². The van der Waals surface area contributed by atoms with Gasteiger partial charge in [0.05, 0.1) is 25.1 Å². The van der Waals surface area contributed by atoms with Crippen molar-refractivity contribution in [2.45, 2.75) is 39.0 Å². The number of imide groups is 1. The maximum Gasteiger partial charge on any atom is 0.278 e. The van der Waals surface area contributed by atoms with E-state index in [0.29, 0.717) is 21.3 Å². The van der Waals surface area contributed by atoms with Crippen LogP contribution in [0.3, 0.4) is 0 Å². The Balaban J connectivity index is 1.74. The van der Waals surface area contributed by atoms with E-state index in [0.717, 1.165) is 46.5 Å². The summed E-state index contributed by atoms with van der Waals surface area (Å²) in [5.41, 5.74) is 2.23. The lowest BCUT2D eigenvalue weighted by atomic mass is 9.88. The molecule has 162 valence electrons. The van der Waals surface area contributed by atoms with E-state index in [9.17, 15) is 9.59 Å². The number of carbonyl (C=O) groups is 2. The van der Waals surface area contributed by atoms with Crippen LogP contribution in [0.15, 0.2) is 34.1 Å². The van der Waals surface area contributed by atoms with Gasteiger partial charge in [-0.3, -0.25) is 14.9 Å². The van der Waals surface area contributed by atoms with Crippen molar-refractivity contribution >= 4 is 62.3 Å². The zero-order valence-corrected chi connectivity index (χ0v) is 20.7. The molecule has 0 bridgehead atoms. The highest BCUT2D eigenvalue weighted by atomic mass is 79.9. The van der Waals surface area contributed by atoms with Crippen LogP contribution in [0.4, 0.5) is 0 Å². The van der Waals surface area contributed by atoms with Crippen LogP contribution in [0.25, 0.3) is 16.3 Å². The summed E-state index contributed by atoms with van der Waals surface area (Å²) in [5.74, 6) is -0.823. The van der Waals surface area contributed by atoms with Gasteiger partial charge in [0.15, 0.2) is 5.69 Å². The largest absolute Gasteiger partial charge is 0.291 e. The van der Waals surface area contributed by atoms with Gasteiger partial charge < -0.3 is 0 Å². The predicted octanol–water partition coefficient (Wildman–Crippen LogP) is 6.82. The van der Waals surface area contributed by atoms with Crippen LogP contribution in [-0.2, 0) is 4.79 Å². The molecular weight excluding hydrogens is 521 g/mol. The number of nitrogens with one attached hydrogen (secondary N) is 1. The number of rotatable bonds is 4.